The molecule has 1 fully saturated rings. The molecule has 0 aliphatic carbocycles. The van der Waals surface area contributed by atoms with Crippen molar-refractivity contribution in [3.8, 4) is 0 Å². The maximum atomic E-state index is 13.6. The number of likely N-dealkylation sites (tertiary alicyclic amines) is 1. The number of anilines is 1. The van der Waals surface area contributed by atoms with Crippen molar-refractivity contribution >= 4 is 32.6 Å². The summed E-state index contributed by atoms with van der Waals surface area (Å²) in [6, 6.07) is 6.77. The largest absolute Gasteiger partial charge is 0.387 e. The van der Waals surface area contributed by atoms with Gasteiger partial charge in [-0.05, 0) is 25.5 Å². The van der Waals surface area contributed by atoms with E-state index >= 15 is 0 Å². The SMILES string of the molecule is C[C@H](C(=O)Nc1nc2ccccc2s1)N1CC[C@H](O)C(F)(F)C1. The van der Waals surface area contributed by atoms with Crippen molar-refractivity contribution in [3.63, 3.8) is 0 Å². The standard InChI is InChI=1S/C15H17F2N3O2S/c1-9(20-7-6-12(21)15(16,17)8-20)13(22)19-14-18-10-4-2-3-5-11(10)23-14/h2-5,9,12,21H,6-8H2,1H3,(H,18,19,22)/t9-,12+/m1/s1. The molecule has 0 radical (unpaired) electrons. The fraction of sp³-hybridized carbons (Fsp3) is 0.467. The number of alkyl halides is 2. The number of para-hydroxylation sites is 1. The number of rotatable bonds is 3. The van der Waals surface area contributed by atoms with Gasteiger partial charge in [0.15, 0.2) is 5.13 Å². The zero-order chi connectivity index (χ0) is 16.6. The van der Waals surface area contributed by atoms with Gasteiger partial charge in [-0.3, -0.25) is 9.69 Å². The first-order valence-corrected chi connectivity index (χ1v) is 8.15. The second kappa shape index (κ2) is 6.10. The van der Waals surface area contributed by atoms with Crippen LogP contribution in [0.4, 0.5) is 13.9 Å². The van der Waals surface area contributed by atoms with E-state index in [4.69, 9.17) is 0 Å². The predicted molar refractivity (Wildman–Crippen MR) is 84.9 cm³/mol. The highest BCUT2D eigenvalue weighted by molar-refractivity contribution is 7.22. The van der Waals surface area contributed by atoms with Crippen molar-refractivity contribution in [1.29, 1.82) is 0 Å². The number of aliphatic hydroxyl groups excluding tert-OH is 1. The first kappa shape index (κ1) is 16.2. The Kier molecular flexibility index (Phi) is 4.31. The summed E-state index contributed by atoms with van der Waals surface area (Å²) in [5.74, 6) is -3.57. The van der Waals surface area contributed by atoms with Crippen molar-refractivity contribution in [2.75, 3.05) is 18.4 Å². The van der Waals surface area contributed by atoms with Gasteiger partial charge in [-0.1, -0.05) is 23.5 Å². The Bertz CT molecular complexity index is 689. The minimum absolute atomic E-state index is 0.0498. The second-order valence-corrected chi connectivity index (χ2v) is 6.72. The lowest BCUT2D eigenvalue weighted by Crippen LogP contribution is -2.56. The number of hydrogen-bond donors (Lipinski definition) is 2. The van der Waals surface area contributed by atoms with Crippen LogP contribution in [-0.4, -0.2) is 52.1 Å². The Hall–Kier alpha value is -1.64. The third-order valence-corrected chi connectivity index (χ3v) is 4.99. The summed E-state index contributed by atoms with van der Waals surface area (Å²) in [4.78, 5) is 18.0. The Morgan fingerprint density at radius 3 is 2.96 bits per heavy atom. The van der Waals surface area contributed by atoms with Crippen molar-refractivity contribution < 1.29 is 18.7 Å². The molecule has 23 heavy (non-hydrogen) atoms. The molecule has 124 valence electrons. The molecule has 1 saturated heterocycles. The van der Waals surface area contributed by atoms with Gasteiger partial charge in [-0.25, -0.2) is 13.8 Å². The smallest absolute Gasteiger partial charge is 0.285 e. The van der Waals surface area contributed by atoms with Gasteiger partial charge in [0.1, 0.15) is 6.10 Å². The van der Waals surface area contributed by atoms with Crippen molar-refractivity contribution in [1.82, 2.24) is 9.88 Å². The normalized spacial score (nSPS) is 22.9. The Morgan fingerprint density at radius 2 is 2.26 bits per heavy atom. The zero-order valence-electron chi connectivity index (χ0n) is 12.5. The van der Waals surface area contributed by atoms with Crippen LogP contribution in [0.2, 0.25) is 0 Å². The quantitative estimate of drug-likeness (QED) is 0.899. The lowest BCUT2D eigenvalue weighted by Gasteiger charge is -2.38. The Morgan fingerprint density at radius 1 is 1.52 bits per heavy atom. The maximum Gasteiger partial charge on any atom is 0.285 e. The van der Waals surface area contributed by atoms with Gasteiger partial charge in [-0.2, -0.15) is 0 Å². The van der Waals surface area contributed by atoms with Gasteiger partial charge < -0.3 is 10.4 Å². The summed E-state index contributed by atoms with van der Waals surface area (Å²) in [6.07, 6.45) is -1.69. The average molecular weight is 341 g/mol. The molecular weight excluding hydrogens is 324 g/mol. The number of carbonyl (C=O) groups is 1. The number of thiazole rings is 1. The molecule has 1 aliphatic rings. The number of nitrogens with zero attached hydrogens (tertiary/aromatic N) is 2. The predicted octanol–water partition coefficient (Wildman–Crippen LogP) is 2.33. The first-order valence-electron chi connectivity index (χ1n) is 7.33. The Labute approximate surface area is 135 Å². The lowest BCUT2D eigenvalue weighted by molar-refractivity contribution is -0.158. The first-order chi connectivity index (χ1) is 10.9. The van der Waals surface area contributed by atoms with E-state index in [1.54, 1.807) is 6.92 Å². The molecule has 5 nitrogen and oxygen atoms in total. The number of aromatic nitrogens is 1. The van der Waals surface area contributed by atoms with E-state index in [1.165, 1.54) is 16.2 Å². The van der Waals surface area contributed by atoms with E-state index in [2.05, 4.69) is 10.3 Å². The number of carbonyl (C=O) groups excluding carboxylic acids is 1. The van der Waals surface area contributed by atoms with Crippen LogP contribution in [0.15, 0.2) is 24.3 Å². The van der Waals surface area contributed by atoms with E-state index in [0.717, 1.165) is 10.2 Å². The highest BCUT2D eigenvalue weighted by atomic mass is 32.1. The third kappa shape index (κ3) is 3.34. The number of piperidine rings is 1. The van der Waals surface area contributed by atoms with Gasteiger partial charge in [0.2, 0.25) is 5.91 Å². The lowest BCUT2D eigenvalue weighted by atomic mass is 10.0. The molecule has 2 aromatic rings. The minimum atomic E-state index is -3.19. The summed E-state index contributed by atoms with van der Waals surface area (Å²) < 4.78 is 28.2. The summed E-state index contributed by atoms with van der Waals surface area (Å²) >= 11 is 1.34. The molecule has 1 aromatic carbocycles. The fourth-order valence-electron chi connectivity index (χ4n) is 2.59. The van der Waals surface area contributed by atoms with E-state index in [1.807, 2.05) is 24.3 Å². The minimum Gasteiger partial charge on any atom is -0.387 e. The van der Waals surface area contributed by atoms with Crippen molar-refractivity contribution in [2.45, 2.75) is 31.4 Å². The van der Waals surface area contributed by atoms with E-state index in [-0.39, 0.29) is 18.9 Å². The topological polar surface area (TPSA) is 65.5 Å². The van der Waals surface area contributed by atoms with E-state index in [9.17, 15) is 18.7 Å². The fourth-order valence-corrected chi connectivity index (χ4v) is 3.46. The Balaban J connectivity index is 1.68. The molecule has 0 unspecified atom stereocenters. The highest BCUT2D eigenvalue weighted by Gasteiger charge is 2.45. The summed E-state index contributed by atoms with van der Waals surface area (Å²) in [7, 11) is 0. The van der Waals surface area contributed by atoms with Gasteiger partial charge in [0.05, 0.1) is 22.8 Å². The van der Waals surface area contributed by atoms with Crippen LogP contribution in [0.1, 0.15) is 13.3 Å². The van der Waals surface area contributed by atoms with Crippen LogP contribution in [0.5, 0.6) is 0 Å². The van der Waals surface area contributed by atoms with E-state index in [0.29, 0.717) is 5.13 Å². The zero-order valence-corrected chi connectivity index (χ0v) is 13.3. The molecule has 1 aromatic heterocycles. The maximum absolute atomic E-state index is 13.6. The van der Waals surface area contributed by atoms with Crippen molar-refractivity contribution in [2.24, 2.45) is 0 Å². The van der Waals surface area contributed by atoms with Gasteiger partial charge in [0, 0.05) is 6.54 Å². The summed E-state index contributed by atoms with van der Waals surface area (Å²) in [5.41, 5.74) is 0.785. The monoisotopic (exact) mass is 341 g/mol. The van der Waals surface area contributed by atoms with Crippen LogP contribution < -0.4 is 5.32 Å². The number of nitrogens with one attached hydrogen (secondary N) is 1. The summed E-state index contributed by atoms with van der Waals surface area (Å²) in [5, 5.41) is 12.4. The van der Waals surface area contributed by atoms with Crippen molar-refractivity contribution in [3.05, 3.63) is 24.3 Å². The molecular formula is C15H17F2N3O2S. The van der Waals surface area contributed by atoms with Crippen LogP contribution >= 0.6 is 11.3 Å². The molecule has 3 rings (SSSR count). The van der Waals surface area contributed by atoms with Crippen LogP contribution in [0, 0.1) is 0 Å². The summed E-state index contributed by atoms with van der Waals surface area (Å²) in [6.45, 7) is 1.21. The third-order valence-electron chi connectivity index (χ3n) is 4.04. The highest BCUT2D eigenvalue weighted by Crippen LogP contribution is 2.29. The number of halogens is 2. The molecule has 2 atom stereocenters. The second-order valence-electron chi connectivity index (χ2n) is 5.69. The number of benzene rings is 1. The molecule has 0 bridgehead atoms. The number of hydrogen-bond acceptors (Lipinski definition) is 5. The molecule has 0 saturated carbocycles. The number of amides is 1. The molecule has 2 heterocycles. The molecule has 1 aliphatic heterocycles. The molecule has 8 heteroatoms. The number of aliphatic hydroxyl groups is 1. The van der Waals surface area contributed by atoms with Crippen LogP contribution in [0.25, 0.3) is 10.2 Å². The van der Waals surface area contributed by atoms with Crippen LogP contribution in [-0.2, 0) is 4.79 Å². The molecule has 1 amide bonds. The molecule has 2 N–H and O–H groups in total. The van der Waals surface area contributed by atoms with Crippen LogP contribution in [0.3, 0.4) is 0 Å². The van der Waals surface area contributed by atoms with Gasteiger partial charge in [0.25, 0.3) is 5.92 Å². The average Bonchev–Trinajstić information content (AvgIpc) is 2.91. The van der Waals surface area contributed by atoms with Gasteiger partial charge >= 0.3 is 0 Å². The molecule has 0 spiro atoms. The number of fused-ring (bicyclic) bond motifs is 1. The van der Waals surface area contributed by atoms with Gasteiger partial charge in [-0.15, -0.1) is 0 Å². The van der Waals surface area contributed by atoms with E-state index < -0.39 is 24.6 Å².